The molecule has 212 valence electrons. The summed E-state index contributed by atoms with van der Waals surface area (Å²) in [7, 11) is 0. The molecular formula is C32H34F2N6O. The van der Waals surface area contributed by atoms with Gasteiger partial charge in [-0.1, -0.05) is 61.0 Å². The van der Waals surface area contributed by atoms with Crippen LogP contribution in [0.1, 0.15) is 74.0 Å². The topological polar surface area (TPSA) is 128 Å². The summed E-state index contributed by atoms with van der Waals surface area (Å²) in [5.41, 5.74) is 16.6. The smallest absolute Gasteiger partial charge is 0.187 e. The van der Waals surface area contributed by atoms with Gasteiger partial charge in [-0.05, 0) is 79.5 Å². The third-order valence-corrected chi connectivity index (χ3v) is 9.46. The van der Waals surface area contributed by atoms with Crippen molar-refractivity contribution in [3.8, 4) is 0 Å². The van der Waals surface area contributed by atoms with Gasteiger partial charge in [-0.15, -0.1) is 0 Å². The zero-order valence-corrected chi connectivity index (χ0v) is 22.8. The molecule has 4 N–H and O–H groups in total. The van der Waals surface area contributed by atoms with Crippen LogP contribution < -0.4 is 5.84 Å². The number of hydrogen-bond donors (Lipinski definition) is 3. The Morgan fingerprint density at radius 3 is 1.85 bits per heavy atom. The van der Waals surface area contributed by atoms with E-state index >= 15 is 0 Å². The van der Waals surface area contributed by atoms with Gasteiger partial charge in [-0.2, -0.15) is 15.3 Å². The van der Waals surface area contributed by atoms with Crippen LogP contribution in [0.3, 0.4) is 0 Å². The minimum absolute atomic E-state index is 0.0681. The summed E-state index contributed by atoms with van der Waals surface area (Å²) in [6, 6.07) is 22.2. The highest BCUT2D eigenvalue weighted by Crippen LogP contribution is 2.61. The number of hydrazone groups is 1. The number of rotatable bonds is 9. The van der Waals surface area contributed by atoms with Crippen molar-refractivity contribution >= 4 is 11.5 Å². The lowest BCUT2D eigenvalue weighted by Crippen LogP contribution is -2.50. The van der Waals surface area contributed by atoms with Crippen LogP contribution in [0, 0.1) is 28.1 Å². The number of benzene rings is 3. The summed E-state index contributed by atoms with van der Waals surface area (Å²) in [5, 5.41) is 12.0. The summed E-state index contributed by atoms with van der Waals surface area (Å²) >= 11 is 0. The van der Waals surface area contributed by atoms with Gasteiger partial charge in [0.25, 0.3) is 0 Å². The van der Waals surface area contributed by atoms with Gasteiger partial charge < -0.3 is 5.84 Å². The number of hydrogen-bond acceptors (Lipinski definition) is 7. The van der Waals surface area contributed by atoms with Gasteiger partial charge in [0.15, 0.2) is 5.78 Å². The van der Waals surface area contributed by atoms with Gasteiger partial charge in [0.2, 0.25) is 0 Å². The van der Waals surface area contributed by atoms with E-state index in [1.54, 1.807) is 24.3 Å². The second-order valence-corrected chi connectivity index (χ2v) is 11.4. The summed E-state index contributed by atoms with van der Waals surface area (Å²) < 4.78 is 27.3. The maximum absolute atomic E-state index is 13.7. The molecular weight excluding hydrogens is 522 g/mol. The summed E-state index contributed by atoms with van der Waals surface area (Å²) in [5.74, 6) is 4.77. The lowest BCUT2D eigenvalue weighted by atomic mass is 9.57. The van der Waals surface area contributed by atoms with Gasteiger partial charge >= 0.3 is 0 Å². The van der Waals surface area contributed by atoms with E-state index in [1.807, 2.05) is 30.3 Å². The third-order valence-electron chi connectivity index (χ3n) is 9.46. The van der Waals surface area contributed by atoms with Crippen molar-refractivity contribution in [1.29, 1.82) is 11.1 Å². The van der Waals surface area contributed by atoms with Gasteiger partial charge in [0.05, 0.1) is 11.0 Å². The molecule has 3 aromatic rings. The van der Waals surface area contributed by atoms with E-state index in [9.17, 15) is 13.6 Å². The minimum atomic E-state index is -1.09. The zero-order valence-electron chi connectivity index (χ0n) is 22.8. The van der Waals surface area contributed by atoms with Crippen molar-refractivity contribution in [2.24, 2.45) is 26.6 Å². The molecule has 1 spiro atoms. The molecule has 9 heteroatoms. The Morgan fingerprint density at radius 1 is 0.805 bits per heavy atom. The first-order valence-corrected chi connectivity index (χ1v) is 14.0. The Hall–Kier alpha value is -4.14. The molecule has 41 heavy (non-hydrogen) atoms. The van der Waals surface area contributed by atoms with Crippen LogP contribution in [0.25, 0.3) is 0 Å². The number of nitrogens with one attached hydrogen (secondary N) is 2. The van der Waals surface area contributed by atoms with Gasteiger partial charge in [-0.3, -0.25) is 4.79 Å². The summed E-state index contributed by atoms with van der Waals surface area (Å²) in [4.78, 5) is 13.7. The van der Waals surface area contributed by atoms with Crippen molar-refractivity contribution in [3.63, 3.8) is 0 Å². The number of carbonyl (C=O) groups is 1. The molecule has 2 aliphatic rings. The lowest BCUT2D eigenvalue weighted by Gasteiger charge is -2.47. The van der Waals surface area contributed by atoms with E-state index in [4.69, 9.17) is 16.9 Å². The molecule has 5 rings (SSSR count). The van der Waals surface area contributed by atoms with E-state index < -0.39 is 16.5 Å². The molecule has 2 aliphatic carbocycles. The highest BCUT2D eigenvalue weighted by Gasteiger charge is 2.66. The van der Waals surface area contributed by atoms with Gasteiger partial charge in [0.1, 0.15) is 22.9 Å². The van der Waals surface area contributed by atoms with Crippen molar-refractivity contribution in [3.05, 3.63) is 107 Å². The van der Waals surface area contributed by atoms with Crippen molar-refractivity contribution < 1.29 is 13.6 Å². The number of carbonyl (C=O) groups excluding carboxylic acids is 1. The Bertz CT molecular complexity index is 1390. The molecule has 0 saturated heterocycles. The molecule has 3 aromatic carbocycles. The molecule has 2 fully saturated rings. The van der Waals surface area contributed by atoms with Crippen LogP contribution in [0.2, 0.25) is 0 Å². The molecule has 0 amide bonds. The summed E-state index contributed by atoms with van der Waals surface area (Å²) in [6.45, 7) is 0. The number of Topliss-reactive ketones (excluding diaryl/α,β-unsaturated/α-hetero) is 1. The molecule has 1 atom stereocenters. The van der Waals surface area contributed by atoms with E-state index in [2.05, 4.69) is 15.3 Å². The van der Waals surface area contributed by atoms with E-state index in [0.717, 1.165) is 23.1 Å². The maximum Gasteiger partial charge on any atom is 0.187 e. The molecule has 2 saturated carbocycles. The van der Waals surface area contributed by atoms with Crippen LogP contribution in [0.15, 0.2) is 94.2 Å². The minimum Gasteiger partial charge on any atom is -0.323 e. The van der Waals surface area contributed by atoms with Gasteiger partial charge in [-0.25, -0.2) is 19.8 Å². The number of ketones is 1. The summed E-state index contributed by atoms with van der Waals surface area (Å²) in [6.07, 6.45) is 4.09. The molecule has 1 unspecified atom stereocenters. The van der Waals surface area contributed by atoms with Gasteiger partial charge in [0, 0.05) is 12.3 Å². The molecule has 0 radical (unpaired) electrons. The normalized spacial score (nSPS) is 27.0. The fourth-order valence-corrected chi connectivity index (χ4v) is 7.12. The fourth-order valence-electron chi connectivity index (χ4n) is 7.12. The number of halogens is 2. The first kappa shape index (κ1) is 28.4. The van der Waals surface area contributed by atoms with Crippen LogP contribution in [-0.4, -0.2) is 17.0 Å². The van der Waals surface area contributed by atoms with Crippen molar-refractivity contribution in [1.82, 2.24) is 0 Å². The third kappa shape index (κ3) is 4.98. The quantitative estimate of drug-likeness (QED) is 0.141. The largest absolute Gasteiger partial charge is 0.323 e. The Kier molecular flexibility index (Phi) is 7.89. The molecule has 7 nitrogen and oxygen atoms in total. The predicted octanol–water partition coefficient (Wildman–Crippen LogP) is 7.81. The Balaban J connectivity index is 1.36. The highest BCUT2D eigenvalue weighted by molar-refractivity contribution is 6.44. The molecule has 0 aromatic heterocycles. The average Bonchev–Trinajstić information content (AvgIpc) is 3.25. The van der Waals surface area contributed by atoms with E-state index in [1.165, 1.54) is 24.3 Å². The molecule has 0 bridgehead atoms. The van der Waals surface area contributed by atoms with E-state index in [0.29, 0.717) is 38.5 Å². The second kappa shape index (κ2) is 11.4. The Morgan fingerprint density at radius 2 is 1.37 bits per heavy atom. The second-order valence-electron chi connectivity index (χ2n) is 11.4. The van der Waals surface area contributed by atoms with Crippen LogP contribution in [0.5, 0.6) is 0 Å². The zero-order chi connectivity index (χ0) is 29.1. The first-order chi connectivity index (χ1) is 19.8. The fraction of sp³-hybridized carbons (Fsp3) is 0.375. The van der Waals surface area contributed by atoms with E-state index in [-0.39, 0.29) is 35.5 Å². The van der Waals surface area contributed by atoms with Crippen molar-refractivity contribution in [2.45, 2.75) is 68.4 Å². The van der Waals surface area contributed by atoms with Crippen molar-refractivity contribution in [2.75, 3.05) is 0 Å². The predicted molar refractivity (Wildman–Crippen MR) is 152 cm³/mol. The lowest BCUT2D eigenvalue weighted by molar-refractivity contribution is -0.127. The first-order valence-electron chi connectivity index (χ1n) is 14.0. The maximum atomic E-state index is 13.7. The van der Waals surface area contributed by atoms with Crippen LogP contribution in [-0.2, 0) is 10.3 Å². The molecule has 0 heterocycles. The number of nitrogens with two attached hydrogens (primary N) is 1. The van der Waals surface area contributed by atoms with Crippen LogP contribution in [0.4, 0.5) is 8.78 Å². The average molecular weight is 557 g/mol. The molecule has 0 aliphatic heterocycles. The number of nitrogens with zero attached hydrogens (tertiary/aromatic N) is 3. The highest BCUT2D eigenvalue weighted by atomic mass is 19.1. The standard InChI is InChI=1S/C32H34F2N6O/c33-25-12-8-22(9-13-25)27(23-10-14-26(34)15-11-23)7-4-16-30(39-36)17-19-31(20-18-30)29(41)28(38-35)21-32(31,40-37)24-5-2-1-3-6-24/h1-3,5-6,8-15,27,36-37H,4,7,16-21,35H2. The van der Waals surface area contributed by atoms with Crippen LogP contribution >= 0.6 is 0 Å². The monoisotopic (exact) mass is 556 g/mol. The Labute approximate surface area is 238 Å². The SMILES string of the molecule is N=NC1(CCCC(c2ccc(F)cc2)c2ccc(F)cc2)CCC2(CC1)C(=O)C(=NN)CC2(N=N)c1ccccc1.